The van der Waals surface area contributed by atoms with Gasteiger partial charge in [0.1, 0.15) is 6.54 Å². The zero-order chi connectivity index (χ0) is 21.5. The van der Waals surface area contributed by atoms with Gasteiger partial charge in [0.25, 0.3) is 5.91 Å². The molecule has 0 bridgehead atoms. The van der Waals surface area contributed by atoms with E-state index in [1.165, 1.54) is 4.90 Å². The molecule has 152 valence electrons. The molecule has 0 spiro atoms. The molecule has 3 aromatic rings. The molecule has 1 aliphatic rings. The maximum atomic E-state index is 13.4. The molecule has 0 unspecified atom stereocenters. The average molecular weight is 421 g/mol. The Morgan fingerprint density at radius 1 is 1.03 bits per heavy atom. The van der Waals surface area contributed by atoms with Crippen molar-refractivity contribution in [3.63, 3.8) is 0 Å². The van der Waals surface area contributed by atoms with E-state index in [2.05, 4.69) is 5.32 Å². The molecule has 1 heterocycles. The van der Waals surface area contributed by atoms with E-state index in [1.54, 1.807) is 54.6 Å². The Balaban J connectivity index is 1.66. The van der Waals surface area contributed by atoms with Crippen molar-refractivity contribution in [2.24, 2.45) is 0 Å². The molecule has 1 aliphatic heterocycles. The summed E-state index contributed by atoms with van der Waals surface area (Å²) in [7, 11) is 0. The third kappa shape index (κ3) is 3.36. The van der Waals surface area contributed by atoms with Crippen LogP contribution in [0.25, 0.3) is 0 Å². The summed E-state index contributed by atoms with van der Waals surface area (Å²) in [6, 6.07) is 19.5. The van der Waals surface area contributed by atoms with E-state index in [9.17, 15) is 14.7 Å². The molecule has 0 aromatic heterocycles. The molecule has 0 aliphatic carbocycles. The summed E-state index contributed by atoms with van der Waals surface area (Å²) in [5.74, 6) is -0.961. The van der Waals surface area contributed by atoms with Gasteiger partial charge in [-0.15, -0.1) is 0 Å². The number of nitrogens with zero attached hydrogens (tertiary/aromatic N) is 1. The van der Waals surface area contributed by atoms with Crippen LogP contribution in [-0.4, -0.2) is 23.5 Å². The highest BCUT2D eigenvalue weighted by molar-refractivity contribution is 6.33. The first-order valence-corrected chi connectivity index (χ1v) is 9.95. The number of aliphatic hydroxyl groups is 1. The lowest BCUT2D eigenvalue weighted by molar-refractivity contribution is -0.133. The highest BCUT2D eigenvalue weighted by Gasteiger charge is 2.51. The van der Waals surface area contributed by atoms with E-state index < -0.39 is 17.4 Å². The molecule has 1 atom stereocenters. The van der Waals surface area contributed by atoms with Gasteiger partial charge in [0.05, 0.1) is 16.4 Å². The Kier molecular flexibility index (Phi) is 5.10. The van der Waals surface area contributed by atoms with E-state index in [1.807, 2.05) is 26.0 Å². The summed E-state index contributed by atoms with van der Waals surface area (Å²) in [6.07, 6.45) is 0. The van der Waals surface area contributed by atoms with Crippen LogP contribution in [0.3, 0.4) is 0 Å². The van der Waals surface area contributed by atoms with Gasteiger partial charge in [-0.25, -0.2) is 0 Å². The summed E-state index contributed by atoms with van der Waals surface area (Å²) in [6.45, 7) is 3.56. The number of nitrogens with one attached hydrogen (secondary N) is 1. The van der Waals surface area contributed by atoms with E-state index >= 15 is 0 Å². The summed E-state index contributed by atoms with van der Waals surface area (Å²) in [5, 5.41) is 14.7. The lowest BCUT2D eigenvalue weighted by Gasteiger charge is -2.24. The van der Waals surface area contributed by atoms with Crippen LogP contribution in [0.1, 0.15) is 22.3 Å². The van der Waals surface area contributed by atoms with Gasteiger partial charge in [-0.05, 0) is 43.2 Å². The minimum atomic E-state index is -1.84. The van der Waals surface area contributed by atoms with Crippen LogP contribution in [0.2, 0.25) is 5.02 Å². The van der Waals surface area contributed by atoms with Crippen molar-refractivity contribution >= 4 is 34.8 Å². The van der Waals surface area contributed by atoms with Gasteiger partial charge in [0.15, 0.2) is 5.60 Å². The second kappa shape index (κ2) is 7.59. The van der Waals surface area contributed by atoms with Crippen molar-refractivity contribution in [3.8, 4) is 0 Å². The number of benzene rings is 3. The largest absolute Gasteiger partial charge is 0.372 e. The fraction of sp³-hybridized carbons (Fsp3) is 0.167. The van der Waals surface area contributed by atoms with Crippen LogP contribution >= 0.6 is 11.6 Å². The third-order valence-corrected chi connectivity index (χ3v) is 5.59. The zero-order valence-electron chi connectivity index (χ0n) is 16.6. The van der Waals surface area contributed by atoms with Crippen molar-refractivity contribution in [1.82, 2.24) is 0 Å². The van der Waals surface area contributed by atoms with Crippen LogP contribution in [0, 0.1) is 13.8 Å². The van der Waals surface area contributed by atoms with Gasteiger partial charge < -0.3 is 10.4 Å². The molecule has 0 saturated heterocycles. The summed E-state index contributed by atoms with van der Waals surface area (Å²) in [4.78, 5) is 27.4. The molecule has 2 N–H and O–H groups in total. The van der Waals surface area contributed by atoms with Crippen molar-refractivity contribution in [2.75, 3.05) is 16.8 Å². The Morgan fingerprint density at radius 2 is 1.77 bits per heavy atom. The standard InChI is InChI=1S/C24H21ClN2O3/c1-15-6-5-7-17(12-15)24(30)18-8-3-4-9-21(18)27(23(24)29)14-22(28)26-20-11-10-16(2)13-19(20)25/h3-13,30H,14H2,1-2H3,(H,26,28)/t24-/m1/s1. The number of fused-ring (bicyclic) bond motifs is 1. The summed E-state index contributed by atoms with van der Waals surface area (Å²) < 4.78 is 0. The number of hydrogen-bond donors (Lipinski definition) is 2. The first-order valence-electron chi connectivity index (χ1n) is 9.57. The highest BCUT2D eigenvalue weighted by Crippen LogP contribution is 2.44. The monoisotopic (exact) mass is 420 g/mol. The molecule has 3 aromatic carbocycles. The Hall–Kier alpha value is -3.15. The summed E-state index contributed by atoms with van der Waals surface area (Å²) in [5.41, 5.74) is 1.98. The van der Waals surface area contributed by atoms with Gasteiger partial charge in [0.2, 0.25) is 5.91 Å². The maximum Gasteiger partial charge on any atom is 0.268 e. The number of hydrogen-bond acceptors (Lipinski definition) is 3. The molecule has 0 radical (unpaired) electrons. The normalized spacial score (nSPS) is 17.7. The van der Waals surface area contributed by atoms with Crippen molar-refractivity contribution in [3.05, 3.63) is 94.0 Å². The van der Waals surface area contributed by atoms with E-state index in [0.717, 1.165) is 11.1 Å². The number of carbonyl (C=O) groups is 2. The fourth-order valence-electron chi connectivity index (χ4n) is 3.80. The van der Waals surface area contributed by atoms with Gasteiger partial charge in [-0.3, -0.25) is 14.5 Å². The predicted octanol–water partition coefficient (Wildman–Crippen LogP) is 4.18. The molecule has 4 rings (SSSR count). The Bertz CT molecular complexity index is 1160. The maximum absolute atomic E-state index is 13.4. The second-order valence-electron chi connectivity index (χ2n) is 7.52. The van der Waals surface area contributed by atoms with Gasteiger partial charge in [0, 0.05) is 5.56 Å². The minimum absolute atomic E-state index is 0.242. The molecular weight excluding hydrogens is 400 g/mol. The van der Waals surface area contributed by atoms with Gasteiger partial charge in [-0.1, -0.05) is 65.7 Å². The lowest BCUT2D eigenvalue weighted by atomic mass is 9.87. The van der Waals surface area contributed by atoms with E-state index in [-0.39, 0.29) is 6.54 Å². The molecular formula is C24H21ClN2O3. The van der Waals surface area contributed by atoms with Gasteiger partial charge in [-0.2, -0.15) is 0 Å². The minimum Gasteiger partial charge on any atom is -0.372 e. The predicted molar refractivity (Wildman–Crippen MR) is 118 cm³/mol. The van der Waals surface area contributed by atoms with Crippen molar-refractivity contribution in [1.29, 1.82) is 0 Å². The van der Waals surface area contributed by atoms with Crippen LogP contribution in [0.4, 0.5) is 11.4 Å². The SMILES string of the molecule is Cc1cccc([C@]2(O)C(=O)N(CC(=O)Nc3ccc(C)cc3Cl)c3ccccc32)c1. The van der Waals surface area contributed by atoms with Crippen molar-refractivity contribution in [2.45, 2.75) is 19.4 Å². The number of para-hydroxylation sites is 1. The molecule has 30 heavy (non-hydrogen) atoms. The highest BCUT2D eigenvalue weighted by atomic mass is 35.5. The summed E-state index contributed by atoms with van der Waals surface area (Å²) >= 11 is 6.20. The first-order chi connectivity index (χ1) is 14.3. The number of anilines is 2. The molecule has 0 saturated carbocycles. The van der Waals surface area contributed by atoms with Crippen LogP contribution in [-0.2, 0) is 15.2 Å². The number of aryl methyl sites for hydroxylation is 2. The lowest BCUT2D eigenvalue weighted by Crippen LogP contribution is -2.44. The number of carbonyl (C=O) groups excluding carboxylic acids is 2. The molecule has 0 fully saturated rings. The smallest absolute Gasteiger partial charge is 0.268 e. The Morgan fingerprint density at radius 3 is 2.50 bits per heavy atom. The fourth-order valence-corrected chi connectivity index (χ4v) is 4.08. The molecule has 5 nitrogen and oxygen atoms in total. The van der Waals surface area contributed by atoms with E-state index in [0.29, 0.717) is 27.5 Å². The van der Waals surface area contributed by atoms with Crippen LogP contribution in [0.15, 0.2) is 66.7 Å². The topological polar surface area (TPSA) is 69.6 Å². The van der Waals surface area contributed by atoms with Gasteiger partial charge >= 0.3 is 0 Å². The molecule has 6 heteroatoms. The first kappa shape index (κ1) is 20.1. The number of amides is 2. The van der Waals surface area contributed by atoms with Crippen LogP contribution < -0.4 is 10.2 Å². The number of halogens is 1. The second-order valence-corrected chi connectivity index (χ2v) is 7.93. The van der Waals surface area contributed by atoms with Crippen LogP contribution in [0.5, 0.6) is 0 Å². The molecule has 2 amide bonds. The third-order valence-electron chi connectivity index (χ3n) is 5.28. The van der Waals surface area contributed by atoms with E-state index in [4.69, 9.17) is 11.6 Å². The quantitative estimate of drug-likeness (QED) is 0.665. The Labute approximate surface area is 179 Å². The zero-order valence-corrected chi connectivity index (χ0v) is 17.4. The average Bonchev–Trinajstić information content (AvgIpc) is 2.93. The number of rotatable bonds is 4. The van der Waals surface area contributed by atoms with Crippen molar-refractivity contribution < 1.29 is 14.7 Å².